The van der Waals surface area contributed by atoms with Gasteiger partial charge in [0.1, 0.15) is 0 Å². The zero-order valence-electron chi connectivity index (χ0n) is 15.1. The van der Waals surface area contributed by atoms with Crippen LogP contribution in [-0.2, 0) is 6.54 Å². The monoisotopic (exact) mass is 346 g/mol. The summed E-state index contributed by atoms with van der Waals surface area (Å²) >= 11 is 0. The van der Waals surface area contributed by atoms with Crippen LogP contribution in [0.3, 0.4) is 0 Å². The second kappa shape index (κ2) is 10.0. The van der Waals surface area contributed by atoms with Crippen molar-refractivity contribution in [3.8, 4) is 0 Å². The van der Waals surface area contributed by atoms with Gasteiger partial charge in [0.2, 0.25) is 5.91 Å². The molecule has 4 N–H and O–H groups in total. The molecular weight excluding hydrogens is 316 g/mol. The SMILES string of the molecule is CC1CCCCN1CCCCNC(=O)NCc1cccc(C(N)=O)c1. The molecule has 1 aromatic carbocycles. The minimum Gasteiger partial charge on any atom is -0.366 e. The van der Waals surface area contributed by atoms with E-state index in [-0.39, 0.29) is 6.03 Å². The first-order chi connectivity index (χ1) is 12.1. The van der Waals surface area contributed by atoms with Gasteiger partial charge in [0.25, 0.3) is 0 Å². The Bertz CT molecular complexity index is 576. The van der Waals surface area contributed by atoms with Crippen LogP contribution in [-0.4, -0.2) is 42.5 Å². The van der Waals surface area contributed by atoms with Crippen LogP contribution < -0.4 is 16.4 Å². The maximum atomic E-state index is 11.8. The summed E-state index contributed by atoms with van der Waals surface area (Å²) in [5.41, 5.74) is 6.56. The summed E-state index contributed by atoms with van der Waals surface area (Å²) in [5, 5.41) is 5.68. The largest absolute Gasteiger partial charge is 0.366 e. The summed E-state index contributed by atoms with van der Waals surface area (Å²) in [7, 11) is 0. The summed E-state index contributed by atoms with van der Waals surface area (Å²) in [4.78, 5) is 25.5. The number of carbonyl (C=O) groups excluding carboxylic acids is 2. The molecule has 1 aromatic rings. The van der Waals surface area contributed by atoms with Gasteiger partial charge in [-0.15, -0.1) is 0 Å². The summed E-state index contributed by atoms with van der Waals surface area (Å²) in [5.74, 6) is -0.464. The number of hydrogen-bond acceptors (Lipinski definition) is 3. The van der Waals surface area contributed by atoms with Gasteiger partial charge in [0.15, 0.2) is 0 Å². The molecule has 1 saturated heterocycles. The van der Waals surface area contributed by atoms with E-state index < -0.39 is 5.91 Å². The Balaban J connectivity index is 1.58. The van der Waals surface area contributed by atoms with Crippen LogP contribution in [0.4, 0.5) is 4.79 Å². The van der Waals surface area contributed by atoms with E-state index in [0.29, 0.717) is 24.7 Å². The molecule has 2 rings (SSSR count). The normalized spacial score (nSPS) is 17.9. The van der Waals surface area contributed by atoms with Gasteiger partial charge in [0.05, 0.1) is 0 Å². The van der Waals surface area contributed by atoms with Crippen LogP contribution in [0.5, 0.6) is 0 Å². The van der Waals surface area contributed by atoms with Crippen molar-refractivity contribution >= 4 is 11.9 Å². The number of unbranched alkanes of at least 4 members (excludes halogenated alkanes) is 1. The van der Waals surface area contributed by atoms with Crippen LogP contribution in [0.1, 0.15) is 54.9 Å². The molecule has 1 unspecified atom stereocenters. The predicted molar refractivity (Wildman–Crippen MR) is 99.3 cm³/mol. The Labute approximate surface area is 150 Å². The Kier molecular flexibility index (Phi) is 7.73. The molecule has 138 valence electrons. The summed E-state index contributed by atoms with van der Waals surface area (Å²) in [6.07, 6.45) is 6.04. The standard InChI is InChI=1S/C19H30N4O2/c1-15-7-2-4-11-23(15)12-5-3-10-21-19(25)22-14-16-8-6-9-17(13-16)18(20)24/h6,8-9,13,15H,2-5,7,10-12,14H2,1H3,(H2,20,24)(H2,21,22,25). The van der Waals surface area contributed by atoms with E-state index in [2.05, 4.69) is 22.5 Å². The minimum atomic E-state index is -0.464. The molecule has 1 heterocycles. The zero-order chi connectivity index (χ0) is 18.1. The average molecular weight is 346 g/mol. The van der Waals surface area contributed by atoms with Crippen molar-refractivity contribution in [1.82, 2.24) is 15.5 Å². The molecule has 6 heteroatoms. The van der Waals surface area contributed by atoms with Crippen LogP contribution in [0, 0.1) is 0 Å². The lowest BCUT2D eigenvalue weighted by molar-refractivity contribution is 0.1000. The van der Waals surface area contributed by atoms with E-state index >= 15 is 0 Å². The van der Waals surface area contributed by atoms with Crippen molar-refractivity contribution in [3.63, 3.8) is 0 Å². The van der Waals surface area contributed by atoms with Crippen molar-refractivity contribution < 1.29 is 9.59 Å². The van der Waals surface area contributed by atoms with Crippen molar-refractivity contribution in [1.29, 1.82) is 0 Å². The van der Waals surface area contributed by atoms with Crippen molar-refractivity contribution in [2.75, 3.05) is 19.6 Å². The first-order valence-electron chi connectivity index (χ1n) is 9.21. The third kappa shape index (κ3) is 6.74. The number of nitrogens with zero attached hydrogens (tertiary/aromatic N) is 1. The topological polar surface area (TPSA) is 87.5 Å². The Morgan fingerprint density at radius 1 is 1.24 bits per heavy atom. The number of rotatable bonds is 8. The van der Waals surface area contributed by atoms with Gasteiger partial charge in [-0.2, -0.15) is 0 Å². The molecule has 0 bridgehead atoms. The zero-order valence-corrected chi connectivity index (χ0v) is 15.1. The van der Waals surface area contributed by atoms with E-state index in [1.165, 1.54) is 25.8 Å². The van der Waals surface area contributed by atoms with E-state index in [0.717, 1.165) is 24.9 Å². The van der Waals surface area contributed by atoms with Crippen LogP contribution in [0.25, 0.3) is 0 Å². The molecular formula is C19H30N4O2. The fraction of sp³-hybridized carbons (Fsp3) is 0.579. The molecule has 1 aliphatic heterocycles. The number of nitrogens with one attached hydrogen (secondary N) is 2. The highest BCUT2D eigenvalue weighted by Crippen LogP contribution is 2.16. The predicted octanol–water partition coefficient (Wildman–Crippen LogP) is 2.24. The molecule has 1 atom stereocenters. The van der Waals surface area contributed by atoms with Gasteiger partial charge in [-0.05, 0) is 63.4 Å². The fourth-order valence-electron chi connectivity index (χ4n) is 3.21. The van der Waals surface area contributed by atoms with Gasteiger partial charge in [0, 0.05) is 24.7 Å². The molecule has 3 amide bonds. The van der Waals surface area contributed by atoms with Crippen LogP contribution in [0.2, 0.25) is 0 Å². The fourth-order valence-corrected chi connectivity index (χ4v) is 3.21. The van der Waals surface area contributed by atoms with Crippen molar-refractivity contribution in [2.45, 2.75) is 51.6 Å². The molecule has 0 saturated carbocycles. The third-order valence-electron chi connectivity index (χ3n) is 4.76. The smallest absolute Gasteiger partial charge is 0.315 e. The van der Waals surface area contributed by atoms with E-state index in [4.69, 9.17) is 5.73 Å². The van der Waals surface area contributed by atoms with E-state index in [9.17, 15) is 9.59 Å². The highest BCUT2D eigenvalue weighted by molar-refractivity contribution is 5.92. The molecule has 1 aliphatic rings. The van der Waals surface area contributed by atoms with Gasteiger partial charge >= 0.3 is 6.03 Å². The number of likely N-dealkylation sites (tertiary alicyclic amines) is 1. The average Bonchev–Trinajstić information content (AvgIpc) is 2.61. The number of hydrogen-bond donors (Lipinski definition) is 3. The molecule has 0 aromatic heterocycles. The lowest BCUT2D eigenvalue weighted by Crippen LogP contribution is -2.38. The summed E-state index contributed by atoms with van der Waals surface area (Å²) in [6.45, 7) is 5.68. The second-order valence-electron chi connectivity index (χ2n) is 6.76. The first-order valence-corrected chi connectivity index (χ1v) is 9.21. The van der Waals surface area contributed by atoms with Crippen LogP contribution >= 0.6 is 0 Å². The van der Waals surface area contributed by atoms with Gasteiger partial charge in [-0.1, -0.05) is 18.6 Å². The number of primary amides is 1. The number of amides is 3. The molecule has 1 fully saturated rings. The van der Waals surface area contributed by atoms with Gasteiger partial charge < -0.3 is 21.3 Å². The highest BCUT2D eigenvalue weighted by Gasteiger charge is 2.16. The van der Waals surface area contributed by atoms with Crippen LogP contribution in [0.15, 0.2) is 24.3 Å². The number of benzene rings is 1. The van der Waals surface area contributed by atoms with Crippen molar-refractivity contribution in [3.05, 3.63) is 35.4 Å². The Morgan fingerprint density at radius 3 is 2.84 bits per heavy atom. The summed E-state index contributed by atoms with van der Waals surface area (Å²) in [6, 6.07) is 7.48. The Morgan fingerprint density at radius 2 is 2.08 bits per heavy atom. The molecule has 25 heavy (non-hydrogen) atoms. The lowest BCUT2D eigenvalue weighted by atomic mass is 10.0. The number of piperidine rings is 1. The maximum Gasteiger partial charge on any atom is 0.315 e. The minimum absolute atomic E-state index is 0.184. The van der Waals surface area contributed by atoms with E-state index in [1.54, 1.807) is 18.2 Å². The quantitative estimate of drug-likeness (QED) is 0.631. The molecule has 6 nitrogen and oxygen atoms in total. The van der Waals surface area contributed by atoms with E-state index in [1.807, 2.05) is 6.07 Å². The lowest BCUT2D eigenvalue weighted by Gasteiger charge is -2.33. The molecule has 0 radical (unpaired) electrons. The van der Waals surface area contributed by atoms with Crippen molar-refractivity contribution in [2.24, 2.45) is 5.73 Å². The molecule has 0 aliphatic carbocycles. The highest BCUT2D eigenvalue weighted by atomic mass is 16.2. The molecule has 0 spiro atoms. The number of carbonyl (C=O) groups is 2. The number of urea groups is 1. The van der Waals surface area contributed by atoms with Gasteiger partial charge in [-0.3, -0.25) is 4.79 Å². The first kappa shape index (κ1) is 19.2. The Hall–Kier alpha value is -2.08. The number of nitrogens with two attached hydrogens (primary N) is 1. The summed E-state index contributed by atoms with van der Waals surface area (Å²) < 4.78 is 0. The maximum absolute atomic E-state index is 11.8. The van der Waals surface area contributed by atoms with Gasteiger partial charge in [-0.25, -0.2) is 4.79 Å². The second-order valence-corrected chi connectivity index (χ2v) is 6.76. The third-order valence-corrected chi connectivity index (χ3v) is 4.76.